The van der Waals surface area contributed by atoms with E-state index in [-0.39, 0.29) is 13.1 Å². The molecule has 0 aromatic carbocycles. The monoisotopic (exact) mass is 348 g/mol. The lowest BCUT2D eigenvalue weighted by Crippen LogP contribution is -2.48. The molecule has 1 heterocycles. The molecule has 1 unspecified atom stereocenters. The Bertz CT molecular complexity index is 259. The Balaban J connectivity index is 2.41. The molecule has 0 N–H and O–H groups in total. The zero-order valence-corrected chi connectivity index (χ0v) is 10.4. The number of halogens is 4. The van der Waals surface area contributed by atoms with Crippen LogP contribution in [0.2, 0.25) is 0 Å². The maximum absolute atomic E-state index is 12.1. The number of piperazine rings is 1. The number of ether oxygens (including phenoxy) is 1. The Morgan fingerprint density at radius 1 is 1.31 bits per heavy atom. The van der Waals surface area contributed by atoms with E-state index in [1.54, 1.807) is 0 Å². The maximum atomic E-state index is 12.1. The molecule has 1 fully saturated rings. The number of carbonyl (C=O) groups excluding carboxylic acids is 1. The van der Waals surface area contributed by atoms with E-state index in [4.69, 9.17) is 7.98 Å². The van der Waals surface area contributed by atoms with Crippen LogP contribution in [0.15, 0.2) is 0 Å². The Kier molecular flexibility index (Phi) is 4.71. The molecule has 16 heavy (non-hydrogen) atoms. The molecule has 1 atom stereocenters. The van der Waals surface area contributed by atoms with Gasteiger partial charge in [0.25, 0.3) is 0 Å². The Morgan fingerprint density at radius 3 is 2.25 bits per heavy atom. The van der Waals surface area contributed by atoms with E-state index in [2.05, 4.69) is 4.74 Å². The largest absolute Gasteiger partial charge is 0.435 e. The standard InChI is InChI=1S/C7H9BF3IN2O2/c8-14-3-1-13(2-4-14)6(15)16-5(12)7(9,10)11/h5H,1-4H2. The fourth-order valence-corrected chi connectivity index (χ4v) is 1.35. The summed E-state index contributed by atoms with van der Waals surface area (Å²) < 4.78 is 38.5. The number of hydrogen-bond donors (Lipinski definition) is 0. The van der Waals surface area contributed by atoms with Crippen molar-refractivity contribution in [3.8, 4) is 0 Å². The number of carbonyl (C=O) groups is 1. The van der Waals surface area contributed by atoms with Gasteiger partial charge in [0.15, 0.2) is 7.98 Å². The topological polar surface area (TPSA) is 32.8 Å². The minimum atomic E-state index is -4.54. The zero-order valence-electron chi connectivity index (χ0n) is 8.21. The van der Waals surface area contributed by atoms with Gasteiger partial charge in [-0.05, 0) is 22.6 Å². The second-order valence-electron chi connectivity index (χ2n) is 3.26. The van der Waals surface area contributed by atoms with Gasteiger partial charge in [-0.1, -0.05) is 0 Å². The molecule has 1 rings (SSSR count). The summed E-state index contributed by atoms with van der Waals surface area (Å²) >= 11 is 1.03. The lowest BCUT2D eigenvalue weighted by molar-refractivity contribution is -0.170. The van der Waals surface area contributed by atoms with E-state index in [9.17, 15) is 18.0 Å². The minimum absolute atomic E-state index is 0.274. The van der Waals surface area contributed by atoms with Gasteiger partial charge in [0.05, 0.1) is 0 Å². The Hall–Kier alpha value is -0.185. The van der Waals surface area contributed by atoms with E-state index in [0.717, 1.165) is 22.6 Å². The van der Waals surface area contributed by atoms with Crippen molar-refractivity contribution in [1.29, 1.82) is 0 Å². The Morgan fingerprint density at radius 2 is 1.81 bits per heavy atom. The highest BCUT2D eigenvalue weighted by atomic mass is 127. The van der Waals surface area contributed by atoms with E-state index >= 15 is 0 Å². The normalized spacial score (nSPS) is 20.6. The molecule has 0 aromatic heterocycles. The molecule has 1 amide bonds. The molecule has 0 saturated carbocycles. The SMILES string of the molecule is [B]N1CCN(C(=O)OC(I)C(F)(F)F)CC1. The van der Waals surface area contributed by atoms with Gasteiger partial charge in [0.1, 0.15) is 0 Å². The summed E-state index contributed by atoms with van der Waals surface area (Å²) in [6, 6.07) is 0. The van der Waals surface area contributed by atoms with Gasteiger partial charge in [-0.25, -0.2) is 4.79 Å². The van der Waals surface area contributed by atoms with Gasteiger partial charge in [-0.15, -0.1) is 0 Å². The van der Waals surface area contributed by atoms with Crippen molar-refractivity contribution in [2.75, 3.05) is 26.2 Å². The van der Waals surface area contributed by atoms with Crippen molar-refractivity contribution < 1.29 is 22.7 Å². The third-order valence-electron chi connectivity index (χ3n) is 2.03. The van der Waals surface area contributed by atoms with E-state index in [1.807, 2.05) is 0 Å². The molecule has 0 bridgehead atoms. The summed E-state index contributed by atoms with van der Waals surface area (Å²) in [6.45, 7) is 1.40. The lowest BCUT2D eigenvalue weighted by Gasteiger charge is -2.32. The highest BCUT2D eigenvalue weighted by molar-refractivity contribution is 14.1. The van der Waals surface area contributed by atoms with Crippen LogP contribution >= 0.6 is 22.6 Å². The fraction of sp³-hybridized carbons (Fsp3) is 0.857. The van der Waals surface area contributed by atoms with Gasteiger partial charge in [-0.3, -0.25) is 0 Å². The number of alkyl halides is 4. The van der Waals surface area contributed by atoms with Gasteiger partial charge < -0.3 is 14.4 Å². The molecule has 1 aliphatic heterocycles. The highest BCUT2D eigenvalue weighted by Gasteiger charge is 2.41. The number of rotatable bonds is 1. The van der Waals surface area contributed by atoms with Crippen LogP contribution in [-0.2, 0) is 4.74 Å². The quantitative estimate of drug-likeness (QED) is 0.405. The van der Waals surface area contributed by atoms with Crippen LogP contribution in [0.5, 0.6) is 0 Å². The average Bonchev–Trinajstić information content (AvgIpc) is 2.17. The van der Waals surface area contributed by atoms with Crippen molar-refractivity contribution in [2.45, 2.75) is 10.3 Å². The summed E-state index contributed by atoms with van der Waals surface area (Å²) in [5, 5.41) is 0. The first-order chi connectivity index (χ1) is 7.30. The average molecular weight is 348 g/mol. The molecule has 1 saturated heterocycles. The van der Waals surface area contributed by atoms with Crippen LogP contribution in [0.1, 0.15) is 0 Å². The summed E-state index contributed by atoms with van der Waals surface area (Å²) in [5.74, 6) is 0. The van der Waals surface area contributed by atoms with Crippen LogP contribution in [0.4, 0.5) is 18.0 Å². The predicted octanol–water partition coefficient (Wildman–Crippen LogP) is 1.15. The molecule has 4 nitrogen and oxygen atoms in total. The molecular weight excluding hydrogens is 339 g/mol. The molecule has 0 spiro atoms. The van der Waals surface area contributed by atoms with Crippen molar-refractivity contribution in [1.82, 2.24) is 9.71 Å². The summed E-state index contributed by atoms with van der Waals surface area (Å²) in [7, 11) is 5.44. The smallest absolute Gasteiger partial charge is 0.426 e. The third-order valence-corrected chi connectivity index (χ3v) is 2.99. The molecule has 9 heteroatoms. The summed E-state index contributed by atoms with van der Waals surface area (Å²) in [5.41, 5.74) is 0. The van der Waals surface area contributed by atoms with Crippen molar-refractivity contribution >= 4 is 36.7 Å². The van der Waals surface area contributed by atoms with Gasteiger partial charge in [0.2, 0.25) is 4.11 Å². The van der Waals surface area contributed by atoms with Crippen LogP contribution in [0.25, 0.3) is 0 Å². The fourth-order valence-electron chi connectivity index (χ4n) is 1.13. The van der Waals surface area contributed by atoms with Crippen LogP contribution < -0.4 is 0 Å². The second kappa shape index (κ2) is 5.43. The third kappa shape index (κ3) is 4.00. The molecular formula is C7H9BF3IN2O2. The van der Waals surface area contributed by atoms with Crippen molar-refractivity contribution in [3.05, 3.63) is 0 Å². The number of hydrogen-bond acceptors (Lipinski definition) is 3. The predicted molar refractivity (Wildman–Crippen MR) is 59.2 cm³/mol. The highest BCUT2D eigenvalue weighted by Crippen LogP contribution is 2.28. The zero-order chi connectivity index (χ0) is 12.3. The molecule has 1 aliphatic rings. The first-order valence-corrected chi connectivity index (χ1v) is 5.71. The molecule has 0 aliphatic carbocycles. The van der Waals surface area contributed by atoms with E-state index in [1.165, 1.54) is 9.71 Å². The second-order valence-corrected chi connectivity index (χ2v) is 4.40. The Labute approximate surface area is 106 Å². The first kappa shape index (κ1) is 13.9. The van der Waals surface area contributed by atoms with Gasteiger partial charge >= 0.3 is 12.3 Å². The van der Waals surface area contributed by atoms with Crippen LogP contribution in [0.3, 0.4) is 0 Å². The maximum Gasteiger partial charge on any atom is 0.435 e. The number of amides is 1. The van der Waals surface area contributed by atoms with Crippen molar-refractivity contribution in [2.24, 2.45) is 0 Å². The van der Waals surface area contributed by atoms with Gasteiger partial charge in [-0.2, -0.15) is 13.2 Å². The van der Waals surface area contributed by atoms with Crippen LogP contribution in [-0.4, -0.2) is 60.3 Å². The van der Waals surface area contributed by atoms with E-state index in [0.29, 0.717) is 13.1 Å². The lowest BCUT2D eigenvalue weighted by atomic mass is 10.2. The van der Waals surface area contributed by atoms with Crippen molar-refractivity contribution in [3.63, 3.8) is 0 Å². The molecule has 0 aromatic rings. The molecule has 2 radical (unpaired) electrons. The van der Waals surface area contributed by atoms with E-state index < -0.39 is 16.4 Å². The molecule has 90 valence electrons. The van der Waals surface area contributed by atoms with Gasteiger partial charge in [0, 0.05) is 26.2 Å². The minimum Gasteiger partial charge on any atom is -0.426 e. The number of nitrogens with zero attached hydrogens (tertiary/aromatic N) is 2. The summed E-state index contributed by atoms with van der Waals surface area (Å²) in [4.78, 5) is 14.0. The summed E-state index contributed by atoms with van der Waals surface area (Å²) in [6.07, 6.45) is -5.49. The van der Waals surface area contributed by atoms with Crippen LogP contribution in [0, 0.1) is 0 Å². The first-order valence-electron chi connectivity index (χ1n) is 4.46.